The van der Waals surface area contributed by atoms with Gasteiger partial charge in [-0.2, -0.15) is 9.50 Å². The fraction of sp³-hybridized carbons (Fsp3) is 0.600. The van der Waals surface area contributed by atoms with Gasteiger partial charge in [-0.1, -0.05) is 12.8 Å². The molecule has 0 atom stereocenters. The predicted octanol–water partition coefficient (Wildman–Crippen LogP) is 0.946. The molecular formula is C15H21N7O. The third-order valence-electron chi connectivity index (χ3n) is 4.66. The van der Waals surface area contributed by atoms with Gasteiger partial charge >= 0.3 is 0 Å². The number of hydrogen-bond donors (Lipinski definition) is 2. The molecule has 23 heavy (non-hydrogen) atoms. The fourth-order valence-electron chi connectivity index (χ4n) is 3.48. The third kappa shape index (κ3) is 2.16. The van der Waals surface area contributed by atoms with Crippen molar-refractivity contribution in [3.8, 4) is 0 Å². The third-order valence-corrected chi connectivity index (χ3v) is 4.66. The highest BCUT2D eigenvalue weighted by molar-refractivity contribution is 5.72. The molecule has 0 aliphatic heterocycles. The Kier molecular flexibility index (Phi) is 3.41. The van der Waals surface area contributed by atoms with Crippen molar-refractivity contribution in [2.45, 2.75) is 51.5 Å². The van der Waals surface area contributed by atoms with Crippen LogP contribution in [0.5, 0.6) is 0 Å². The molecule has 1 fully saturated rings. The molecule has 122 valence electrons. The molecule has 4 rings (SSSR count). The summed E-state index contributed by atoms with van der Waals surface area (Å²) in [6, 6.07) is 0. The van der Waals surface area contributed by atoms with Gasteiger partial charge in [0.1, 0.15) is 5.82 Å². The first kappa shape index (κ1) is 14.4. The summed E-state index contributed by atoms with van der Waals surface area (Å²) in [5, 5.41) is 4.50. The zero-order chi connectivity index (χ0) is 16.0. The van der Waals surface area contributed by atoms with Crippen LogP contribution in [0.4, 0.5) is 0 Å². The number of nitrogens with one attached hydrogen (secondary N) is 1. The number of aryl methyl sites for hydroxylation is 1. The van der Waals surface area contributed by atoms with Gasteiger partial charge in [0.25, 0.3) is 5.56 Å². The molecule has 1 aliphatic rings. The standard InChI is InChI=1S/C15H21N7O/c1-2-21-14(23)11-13(19-12(18-11)9-5-3-4-6-9)22-15(21)17-10(20-22)7-8-16/h9H,2-8,16H2,1H3,(H,18,19). The zero-order valence-corrected chi connectivity index (χ0v) is 13.2. The first-order valence-electron chi connectivity index (χ1n) is 8.31. The fourth-order valence-corrected chi connectivity index (χ4v) is 3.48. The van der Waals surface area contributed by atoms with E-state index in [0.29, 0.717) is 48.2 Å². The van der Waals surface area contributed by atoms with Crippen LogP contribution in [0.25, 0.3) is 16.9 Å². The van der Waals surface area contributed by atoms with Crippen molar-refractivity contribution in [2.75, 3.05) is 6.54 Å². The molecule has 8 heteroatoms. The summed E-state index contributed by atoms with van der Waals surface area (Å²) in [5.41, 5.74) is 6.61. The van der Waals surface area contributed by atoms with Gasteiger partial charge < -0.3 is 10.7 Å². The van der Waals surface area contributed by atoms with Crippen molar-refractivity contribution in [3.05, 3.63) is 22.0 Å². The second kappa shape index (κ2) is 5.45. The van der Waals surface area contributed by atoms with Crippen LogP contribution < -0.4 is 11.3 Å². The number of imidazole rings is 1. The van der Waals surface area contributed by atoms with E-state index in [2.05, 4.69) is 15.1 Å². The van der Waals surface area contributed by atoms with E-state index in [1.807, 2.05) is 6.92 Å². The average molecular weight is 315 g/mol. The summed E-state index contributed by atoms with van der Waals surface area (Å²) >= 11 is 0. The summed E-state index contributed by atoms with van der Waals surface area (Å²) in [6.45, 7) is 2.94. The van der Waals surface area contributed by atoms with Crippen LogP contribution in [-0.4, -0.2) is 35.7 Å². The molecule has 3 aromatic rings. The molecule has 0 spiro atoms. The Balaban J connectivity index is 1.99. The summed E-state index contributed by atoms with van der Waals surface area (Å²) in [7, 11) is 0. The van der Waals surface area contributed by atoms with E-state index in [-0.39, 0.29) is 5.56 Å². The summed E-state index contributed by atoms with van der Waals surface area (Å²) in [5.74, 6) is 2.50. The van der Waals surface area contributed by atoms with Gasteiger partial charge in [-0.05, 0) is 26.3 Å². The Labute approximate surface area is 132 Å². The van der Waals surface area contributed by atoms with Crippen molar-refractivity contribution < 1.29 is 0 Å². The van der Waals surface area contributed by atoms with E-state index in [0.717, 1.165) is 18.7 Å². The molecule has 3 heterocycles. The van der Waals surface area contributed by atoms with E-state index in [1.54, 1.807) is 9.08 Å². The van der Waals surface area contributed by atoms with Gasteiger partial charge in [0, 0.05) is 18.9 Å². The molecule has 0 radical (unpaired) electrons. The Morgan fingerprint density at radius 2 is 2.09 bits per heavy atom. The van der Waals surface area contributed by atoms with Crippen molar-refractivity contribution in [2.24, 2.45) is 5.73 Å². The topological polar surface area (TPSA) is 107 Å². The maximum Gasteiger partial charge on any atom is 0.281 e. The molecule has 8 nitrogen and oxygen atoms in total. The number of H-pyrrole nitrogens is 1. The summed E-state index contributed by atoms with van der Waals surface area (Å²) in [6.07, 6.45) is 5.28. The van der Waals surface area contributed by atoms with Crippen LogP contribution >= 0.6 is 0 Å². The highest BCUT2D eigenvalue weighted by Gasteiger charge is 2.23. The normalized spacial score (nSPS) is 16.1. The number of hydrogen-bond acceptors (Lipinski definition) is 5. The van der Waals surface area contributed by atoms with Crippen LogP contribution in [-0.2, 0) is 13.0 Å². The van der Waals surface area contributed by atoms with Crippen LogP contribution in [0, 0.1) is 0 Å². The molecule has 3 aromatic heterocycles. The number of rotatable bonds is 4. The largest absolute Gasteiger partial charge is 0.336 e. The van der Waals surface area contributed by atoms with Crippen LogP contribution in [0.3, 0.4) is 0 Å². The smallest absolute Gasteiger partial charge is 0.281 e. The molecule has 1 aliphatic carbocycles. The molecule has 0 aromatic carbocycles. The number of nitrogens with two attached hydrogens (primary N) is 1. The minimum atomic E-state index is -0.0848. The second-order valence-electron chi connectivity index (χ2n) is 6.13. The van der Waals surface area contributed by atoms with Gasteiger partial charge in [-0.15, -0.1) is 5.10 Å². The van der Waals surface area contributed by atoms with E-state index in [9.17, 15) is 4.79 Å². The minimum Gasteiger partial charge on any atom is -0.336 e. The van der Waals surface area contributed by atoms with Crippen LogP contribution in [0.1, 0.15) is 50.2 Å². The Morgan fingerprint density at radius 3 is 2.78 bits per heavy atom. The number of aromatic amines is 1. The van der Waals surface area contributed by atoms with E-state index >= 15 is 0 Å². The lowest BCUT2D eigenvalue weighted by Crippen LogP contribution is -2.22. The lowest BCUT2D eigenvalue weighted by atomic mass is 10.1. The van der Waals surface area contributed by atoms with Gasteiger partial charge in [-0.25, -0.2) is 4.98 Å². The van der Waals surface area contributed by atoms with E-state index in [4.69, 9.17) is 10.7 Å². The summed E-state index contributed by atoms with van der Waals surface area (Å²) < 4.78 is 3.31. The second-order valence-corrected chi connectivity index (χ2v) is 6.13. The highest BCUT2D eigenvalue weighted by Crippen LogP contribution is 2.32. The molecule has 0 unspecified atom stereocenters. The van der Waals surface area contributed by atoms with Crippen LogP contribution in [0.15, 0.2) is 4.79 Å². The maximum absolute atomic E-state index is 12.8. The van der Waals surface area contributed by atoms with Gasteiger partial charge in [-0.3, -0.25) is 9.36 Å². The maximum atomic E-state index is 12.8. The van der Waals surface area contributed by atoms with Gasteiger partial charge in [0.2, 0.25) is 5.78 Å². The van der Waals surface area contributed by atoms with Crippen molar-refractivity contribution in [1.82, 2.24) is 29.1 Å². The quantitative estimate of drug-likeness (QED) is 0.745. The van der Waals surface area contributed by atoms with Crippen LogP contribution in [0.2, 0.25) is 0 Å². The number of aromatic nitrogens is 6. The molecule has 0 saturated heterocycles. The molecule has 1 saturated carbocycles. The molecule has 0 amide bonds. The van der Waals surface area contributed by atoms with Crippen molar-refractivity contribution >= 4 is 16.9 Å². The molecular weight excluding hydrogens is 294 g/mol. The zero-order valence-electron chi connectivity index (χ0n) is 13.2. The average Bonchev–Trinajstić information content (AvgIpc) is 3.26. The van der Waals surface area contributed by atoms with Crippen molar-refractivity contribution in [3.63, 3.8) is 0 Å². The Morgan fingerprint density at radius 1 is 1.30 bits per heavy atom. The minimum absolute atomic E-state index is 0.0848. The summed E-state index contributed by atoms with van der Waals surface area (Å²) in [4.78, 5) is 25.2. The highest BCUT2D eigenvalue weighted by atomic mass is 16.1. The number of fused-ring (bicyclic) bond motifs is 3. The first-order valence-corrected chi connectivity index (χ1v) is 8.31. The van der Waals surface area contributed by atoms with E-state index < -0.39 is 0 Å². The lowest BCUT2D eigenvalue weighted by Gasteiger charge is -2.02. The van der Waals surface area contributed by atoms with E-state index in [1.165, 1.54) is 12.8 Å². The lowest BCUT2D eigenvalue weighted by molar-refractivity contribution is 0.680. The Hall–Kier alpha value is -2.22. The first-order chi connectivity index (χ1) is 11.2. The van der Waals surface area contributed by atoms with Gasteiger partial charge in [0.15, 0.2) is 17.0 Å². The molecule has 3 N–H and O–H groups in total. The molecule has 0 bridgehead atoms. The number of nitrogens with zero attached hydrogens (tertiary/aromatic N) is 5. The Bertz CT molecular complexity index is 913. The van der Waals surface area contributed by atoms with Gasteiger partial charge in [0.05, 0.1) is 0 Å². The van der Waals surface area contributed by atoms with Crippen molar-refractivity contribution in [1.29, 1.82) is 0 Å². The SMILES string of the molecule is CCn1c(=O)c2[nH]c(C3CCCC3)nc2n2nc(CCN)nc12. The monoisotopic (exact) mass is 315 g/mol. The predicted molar refractivity (Wildman–Crippen MR) is 86.5 cm³/mol.